The summed E-state index contributed by atoms with van der Waals surface area (Å²) in [5.74, 6) is -0.382. The second-order valence-electron chi connectivity index (χ2n) is 3.75. The van der Waals surface area contributed by atoms with Crippen molar-refractivity contribution in [3.05, 3.63) is 52.8 Å². The van der Waals surface area contributed by atoms with Crippen LogP contribution >= 0.6 is 23.4 Å². The van der Waals surface area contributed by atoms with Gasteiger partial charge in [-0.25, -0.2) is 0 Å². The number of primary amides is 1. The quantitative estimate of drug-likeness (QED) is 0.692. The lowest BCUT2D eigenvalue weighted by Crippen LogP contribution is -2.12. The zero-order valence-corrected chi connectivity index (χ0v) is 11.7. The van der Waals surface area contributed by atoms with Crippen LogP contribution in [0.2, 0.25) is 5.02 Å². The molecule has 2 N–H and O–H groups in total. The van der Waals surface area contributed by atoms with Crippen LogP contribution in [-0.4, -0.2) is 5.91 Å². The predicted octanol–water partition coefficient (Wildman–Crippen LogP) is 3.48. The number of hydrogen-bond acceptors (Lipinski definition) is 4. The van der Waals surface area contributed by atoms with Gasteiger partial charge >= 0.3 is 0 Å². The Morgan fingerprint density at radius 2 is 2.00 bits per heavy atom. The van der Waals surface area contributed by atoms with Crippen molar-refractivity contribution in [1.82, 2.24) is 0 Å². The average Bonchev–Trinajstić information content (AvgIpc) is 2.86. The number of benzene rings is 1. The van der Waals surface area contributed by atoms with E-state index in [2.05, 4.69) is 0 Å². The van der Waals surface area contributed by atoms with Crippen LogP contribution in [0.25, 0.3) is 6.08 Å². The minimum atomic E-state index is -0.782. The summed E-state index contributed by atoms with van der Waals surface area (Å²) in [5, 5.41) is 10.1. The number of carbonyl (C=O) groups is 1. The zero-order chi connectivity index (χ0) is 14.5. The molecule has 4 nitrogen and oxygen atoms in total. The molecule has 0 aliphatic rings. The molecule has 1 aromatic carbocycles. The second-order valence-corrected chi connectivity index (χ2v) is 5.26. The third-order valence-electron chi connectivity index (χ3n) is 2.31. The van der Waals surface area contributed by atoms with E-state index in [1.807, 2.05) is 12.1 Å². The highest BCUT2D eigenvalue weighted by Gasteiger charge is 2.07. The molecular weight excluding hydrogens is 296 g/mol. The average molecular weight is 305 g/mol. The Labute approximate surface area is 124 Å². The van der Waals surface area contributed by atoms with E-state index in [1.165, 1.54) is 17.8 Å². The molecule has 0 aliphatic heterocycles. The number of nitrogens with zero attached hydrogens (tertiary/aromatic N) is 1. The lowest BCUT2D eigenvalue weighted by molar-refractivity contribution is -0.114. The number of amides is 1. The minimum absolute atomic E-state index is 0.151. The number of furan rings is 1. The Kier molecular flexibility index (Phi) is 4.51. The van der Waals surface area contributed by atoms with Crippen LogP contribution in [0.4, 0.5) is 0 Å². The van der Waals surface area contributed by atoms with E-state index in [0.717, 1.165) is 4.90 Å². The van der Waals surface area contributed by atoms with Crippen molar-refractivity contribution in [3.8, 4) is 6.07 Å². The summed E-state index contributed by atoms with van der Waals surface area (Å²) in [6.45, 7) is 0. The van der Waals surface area contributed by atoms with E-state index in [-0.39, 0.29) is 5.57 Å². The third-order valence-corrected chi connectivity index (χ3v) is 3.49. The molecule has 2 aromatic rings. The molecule has 0 spiro atoms. The number of carbonyl (C=O) groups excluding carboxylic acids is 1. The molecule has 0 radical (unpaired) electrons. The summed E-state index contributed by atoms with van der Waals surface area (Å²) < 4.78 is 5.49. The Hall–Kier alpha value is -2.16. The van der Waals surface area contributed by atoms with Gasteiger partial charge in [0.2, 0.25) is 0 Å². The van der Waals surface area contributed by atoms with Crippen LogP contribution in [0.3, 0.4) is 0 Å². The fourth-order valence-corrected chi connectivity index (χ4v) is 2.29. The fraction of sp³-hybridized carbons (Fsp3) is 0. The van der Waals surface area contributed by atoms with Crippen molar-refractivity contribution in [1.29, 1.82) is 5.26 Å². The molecule has 0 unspecified atom stereocenters. The predicted molar refractivity (Wildman–Crippen MR) is 77.1 cm³/mol. The summed E-state index contributed by atoms with van der Waals surface area (Å²) in [4.78, 5) is 11.9. The molecule has 0 bridgehead atoms. The van der Waals surface area contributed by atoms with Crippen LogP contribution in [0.15, 0.2) is 56.4 Å². The summed E-state index contributed by atoms with van der Waals surface area (Å²) in [6, 6.07) is 12.4. The first-order chi connectivity index (χ1) is 9.58. The maximum atomic E-state index is 10.9. The summed E-state index contributed by atoms with van der Waals surface area (Å²) in [5.41, 5.74) is 4.90. The zero-order valence-electron chi connectivity index (χ0n) is 10.2. The Bertz CT molecular complexity index is 699. The molecular formula is C14H9ClN2O2S. The maximum Gasteiger partial charge on any atom is 0.259 e. The van der Waals surface area contributed by atoms with Gasteiger partial charge in [0, 0.05) is 16.0 Å². The van der Waals surface area contributed by atoms with Crippen molar-refractivity contribution in [2.24, 2.45) is 5.73 Å². The van der Waals surface area contributed by atoms with Gasteiger partial charge in [-0.1, -0.05) is 23.4 Å². The number of nitriles is 1. The summed E-state index contributed by atoms with van der Waals surface area (Å²) in [6.07, 6.45) is 1.31. The number of nitrogens with two attached hydrogens (primary N) is 1. The smallest absolute Gasteiger partial charge is 0.259 e. The van der Waals surface area contributed by atoms with Crippen molar-refractivity contribution in [2.45, 2.75) is 9.99 Å². The monoisotopic (exact) mass is 304 g/mol. The maximum absolute atomic E-state index is 10.9. The molecule has 1 aromatic heterocycles. The lowest BCUT2D eigenvalue weighted by atomic mass is 10.2. The van der Waals surface area contributed by atoms with Gasteiger partial charge in [-0.05, 0) is 36.4 Å². The van der Waals surface area contributed by atoms with Crippen molar-refractivity contribution >= 4 is 35.3 Å². The normalized spacial score (nSPS) is 11.1. The first kappa shape index (κ1) is 14.3. The standard InChI is InChI=1S/C14H9ClN2O2S/c15-10-1-4-12(5-2-10)20-13-6-3-11(19-13)7-9(8-16)14(17)18/h1-7H,(H2,17,18). The van der Waals surface area contributed by atoms with E-state index >= 15 is 0 Å². The van der Waals surface area contributed by atoms with Crippen LogP contribution in [0.1, 0.15) is 5.76 Å². The molecule has 100 valence electrons. The molecule has 1 heterocycles. The third kappa shape index (κ3) is 3.67. The second kappa shape index (κ2) is 6.33. The van der Waals surface area contributed by atoms with E-state index < -0.39 is 5.91 Å². The Balaban J connectivity index is 2.15. The van der Waals surface area contributed by atoms with Gasteiger partial charge in [0.05, 0.1) is 0 Å². The molecule has 2 rings (SSSR count). The highest BCUT2D eigenvalue weighted by molar-refractivity contribution is 7.99. The molecule has 20 heavy (non-hydrogen) atoms. The highest BCUT2D eigenvalue weighted by atomic mass is 35.5. The molecule has 0 saturated carbocycles. The van der Waals surface area contributed by atoms with Crippen molar-refractivity contribution < 1.29 is 9.21 Å². The molecule has 0 atom stereocenters. The molecule has 1 amide bonds. The first-order valence-electron chi connectivity index (χ1n) is 5.53. The van der Waals surface area contributed by atoms with E-state index in [1.54, 1.807) is 30.3 Å². The fourth-order valence-electron chi connectivity index (χ4n) is 1.39. The van der Waals surface area contributed by atoms with E-state index in [4.69, 9.17) is 27.0 Å². The Morgan fingerprint density at radius 3 is 2.60 bits per heavy atom. The molecule has 0 saturated heterocycles. The van der Waals surface area contributed by atoms with Crippen LogP contribution in [-0.2, 0) is 4.79 Å². The van der Waals surface area contributed by atoms with Crippen LogP contribution in [0, 0.1) is 11.3 Å². The first-order valence-corrected chi connectivity index (χ1v) is 6.73. The van der Waals surface area contributed by atoms with Gasteiger partial charge < -0.3 is 10.2 Å². The van der Waals surface area contributed by atoms with Gasteiger partial charge in [-0.2, -0.15) is 5.26 Å². The van der Waals surface area contributed by atoms with Crippen molar-refractivity contribution in [2.75, 3.05) is 0 Å². The SMILES string of the molecule is N#CC(=Cc1ccc(Sc2ccc(Cl)cc2)o1)C(N)=O. The topological polar surface area (TPSA) is 80.0 Å². The molecule has 6 heteroatoms. The summed E-state index contributed by atoms with van der Waals surface area (Å²) >= 11 is 7.21. The molecule has 0 aliphatic carbocycles. The van der Waals surface area contributed by atoms with Crippen LogP contribution in [0.5, 0.6) is 0 Å². The number of rotatable bonds is 4. The molecule has 0 fully saturated rings. The largest absolute Gasteiger partial charge is 0.450 e. The lowest BCUT2D eigenvalue weighted by Gasteiger charge is -1.97. The van der Waals surface area contributed by atoms with Gasteiger partial charge in [0.25, 0.3) is 5.91 Å². The Morgan fingerprint density at radius 1 is 1.30 bits per heavy atom. The van der Waals surface area contributed by atoms with Gasteiger partial charge in [-0.3, -0.25) is 4.79 Å². The van der Waals surface area contributed by atoms with E-state index in [0.29, 0.717) is 15.9 Å². The van der Waals surface area contributed by atoms with Crippen LogP contribution < -0.4 is 5.73 Å². The highest BCUT2D eigenvalue weighted by Crippen LogP contribution is 2.30. The minimum Gasteiger partial charge on any atom is -0.450 e. The number of hydrogen-bond donors (Lipinski definition) is 1. The van der Waals surface area contributed by atoms with Gasteiger partial charge in [0.15, 0.2) is 5.09 Å². The van der Waals surface area contributed by atoms with Crippen molar-refractivity contribution in [3.63, 3.8) is 0 Å². The van der Waals surface area contributed by atoms with Gasteiger partial charge in [-0.15, -0.1) is 0 Å². The van der Waals surface area contributed by atoms with Gasteiger partial charge in [0.1, 0.15) is 17.4 Å². The number of halogens is 1. The summed E-state index contributed by atoms with van der Waals surface area (Å²) in [7, 11) is 0. The van der Waals surface area contributed by atoms with E-state index in [9.17, 15) is 4.79 Å².